The summed E-state index contributed by atoms with van der Waals surface area (Å²) in [7, 11) is 0. The molecule has 2 rings (SSSR count). The Hall–Kier alpha value is -1.60. The molecule has 1 nitrogen and oxygen atoms in total. The first-order chi connectivity index (χ1) is 6.90. The van der Waals surface area contributed by atoms with Crippen LogP contribution in [0.1, 0.15) is 0 Å². The molecule has 70 valence electrons. The van der Waals surface area contributed by atoms with Crippen LogP contribution in [0.5, 0.6) is 0 Å². The molecule has 0 aliphatic heterocycles. The predicted molar refractivity (Wildman–Crippen MR) is 60.7 cm³/mol. The van der Waals surface area contributed by atoms with Crippen LogP contribution in [0.2, 0.25) is 0 Å². The van der Waals surface area contributed by atoms with E-state index in [0.717, 1.165) is 5.57 Å². The van der Waals surface area contributed by atoms with Gasteiger partial charge in [0.15, 0.2) is 0 Å². The van der Waals surface area contributed by atoms with Gasteiger partial charge in [0, 0.05) is 6.54 Å². The number of hydrogen-bond acceptors (Lipinski definition) is 1. The lowest BCUT2D eigenvalue weighted by atomic mass is 10.2. The molecule has 0 unspecified atom stereocenters. The standard InChI is InChI=1S/C13H13N/c14-10-11-6-4-2-1-3-5-7-12-9-13(12)8-11/h1-9H,10,14H2/b2-1+,3-1?,4-2?,5-3-,6-4-,7-5?,11-6?,11-8+,12-7+,13-8?. The normalized spacial score (nSPS) is 33.4. The molecule has 0 aromatic rings. The average molecular weight is 183 g/mol. The van der Waals surface area contributed by atoms with E-state index in [1.54, 1.807) is 0 Å². The molecule has 0 heterocycles. The first kappa shape index (κ1) is 8.97. The molecule has 0 saturated heterocycles. The number of rotatable bonds is 1. The SMILES string of the molecule is NCC1=C\C2=CC\2=C/C=C\C=C\C=C/1. The van der Waals surface area contributed by atoms with Gasteiger partial charge in [-0.2, -0.15) is 0 Å². The Morgan fingerprint density at radius 2 is 1.64 bits per heavy atom. The van der Waals surface area contributed by atoms with Gasteiger partial charge >= 0.3 is 0 Å². The van der Waals surface area contributed by atoms with E-state index in [4.69, 9.17) is 5.73 Å². The zero-order chi connectivity index (χ0) is 9.80. The van der Waals surface area contributed by atoms with E-state index in [-0.39, 0.29) is 0 Å². The summed E-state index contributed by atoms with van der Waals surface area (Å²) in [5, 5.41) is 0. The molecule has 2 N–H and O–H groups in total. The molecule has 0 saturated carbocycles. The Morgan fingerprint density at radius 1 is 0.857 bits per heavy atom. The Labute approximate surface area is 84.3 Å². The van der Waals surface area contributed by atoms with Crippen LogP contribution in [0.15, 0.2) is 71.4 Å². The van der Waals surface area contributed by atoms with E-state index in [2.05, 4.69) is 18.2 Å². The van der Waals surface area contributed by atoms with Crippen molar-refractivity contribution < 1.29 is 0 Å². The highest BCUT2D eigenvalue weighted by Crippen LogP contribution is 2.30. The van der Waals surface area contributed by atoms with Crippen LogP contribution in [0.3, 0.4) is 0 Å². The summed E-state index contributed by atoms with van der Waals surface area (Å²) < 4.78 is 0. The summed E-state index contributed by atoms with van der Waals surface area (Å²) in [6, 6.07) is 0. The van der Waals surface area contributed by atoms with Crippen LogP contribution < -0.4 is 5.73 Å². The third-order valence-electron chi connectivity index (χ3n) is 2.17. The van der Waals surface area contributed by atoms with Gasteiger partial charge in [0.05, 0.1) is 0 Å². The topological polar surface area (TPSA) is 26.0 Å². The van der Waals surface area contributed by atoms with Crippen molar-refractivity contribution in [2.24, 2.45) is 5.73 Å². The van der Waals surface area contributed by atoms with Crippen LogP contribution in [0.25, 0.3) is 0 Å². The second-order valence-corrected chi connectivity index (χ2v) is 3.27. The predicted octanol–water partition coefficient (Wildman–Crippen LogP) is 2.42. The molecule has 2 aliphatic carbocycles. The van der Waals surface area contributed by atoms with E-state index in [1.165, 1.54) is 11.1 Å². The maximum absolute atomic E-state index is 5.63. The van der Waals surface area contributed by atoms with Gasteiger partial charge in [-0.15, -0.1) is 0 Å². The molecule has 14 heavy (non-hydrogen) atoms. The minimum absolute atomic E-state index is 0.586. The van der Waals surface area contributed by atoms with Crippen LogP contribution >= 0.6 is 0 Å². The summed E-state index contributed by atoms with van der Waals surface area (Å²) in [6.45, 7) is 0.586. The maximum atomic E-state index is 5.63. The summed E-state index contributed by atoms with van der Waals surface area (Å²) in [4.78, 5) is 0. The van der Waals surface area contributed by atoms with E-state index >= 15 is 0 Å². The summed E-state index contributed by atoms with van der Waals surface area (Å²) in [5.74, 6) is 0. The van der Waals surface area contributed by atoms with Crippen molar-refractivity contribution in [3.63, 3.8) is 0 Å². The van der Waals surface area contributed by atoms with Crippen molar-refractivity contribution >= 4 is 0 Å². The maximum Gasteiger partial charge on any atom is 0.0178 e. The highest BCUT2D eigenvalue weighted by molar-refractivity contribution is 5.65. The van der Waals surface area contributed by atoms with Gasteiger partial charge in [-0.05, 0) is 28.9 Å². The van der Waals surface area contributed by atoms with Crippen molar-refractivity contribution in [2.45, 2.75) is 0 Å². The third kappa shape index (κ3) is 2.21. The quantitative estimate of drug-likeness (QED) is 0.663. The molecule has 0 radical (unpaired) electrons. The van der Waals surface area contributed by atoms with Gasteiger partial charge in [-0.25, -0.2) is 0 Å². The Bertz CT molecular complexity index is 401. The second kappa shape index (κ2) is 4.07. The minimum Gasteiger partial charge on any atom is -0.326 e. The van der Waals surface area contributed by atoms with Gasteiger partial charge < -0.3 is 5.73 Å². The highest BCUT2D eigenvalue weighted by Gasteiger charge is 2.12. The largest absolute Gasteiger partial charge is 0.326 e. The molecule has 0 aromatic carbocycles. The van der Waals surface area contributed by atoms with E-state index in [9.17, 15) is 0 Å². The lowest BCUT2D eigenvalue weighted by Crippen LogP contribution is -2.00. The van der Waals surface area contributed by atoms with Crippen LogP contribution in [-0.4, -0.2) is 6.54 Å². The fourth-order valence-corrected chi connectivity index (χ4v) is 1.31. The first-order valence-corrected chi connectivity index (χ1v) is 4.74. The second-order valence-electron chi connectivity index (χ2n) is 3.27. The molecular weight excluding hydrogens is 170 g/mol. The molecule has 0 fully saturated rings. The van der Waals surface area contributed by atoms with E-state index < -0.39 is 0 Å². The number of nitrogens with two attached hydrogens (primary N) is 1. The number of hydrogen-bond donors (Lipinski definition) is 1. The van der Waals surface area contributed by atoms with Crippen LogP contribution in [0.4, 0.5) is 0 Å². The molecular formula is C13H13N. The molecule has 0 atom stereocenters. The van der Waals surface area contributed by atoms with Gasteiger partial charge in [0.1, 0.15) is 0 Å². The smallest absolute Gasteiger partial charge is 0.0178 e. The lowest BCUT2D eigenvalue weighted by molar-refractivity contribution is 1.19. The van der Waals surface area contributed by atoms with Crippen molar-refractivity contribution in [1.82, 2.24) is 0 Å². The average Bonchev–Trinajstić information content (AvgIpc) is 2.91. The summed E-state index contributed by atoms with van der Waals surface area (Å²) >= 11 is 0. The number of allylic oxidation sites excluding steroid dienone is 10. The first-order valence-electron chi connectivity index (χ1n) is 4.74. The zero-order valence-electron chi connectivity index (χ0n) is 7.98. The van der Waals surface area contributed by atoms with Crippen molar-refractivity contribution in [3.05, 3.63) is 71.4 Å². The lowest BCUT2D eigenvalue weighted by Gasteiger charge is -1.93. The highest BCUT2D eigenvalue weighted by atomic mass is 14.5. The molecule has 0 spiro atoms. The molecule has 2 aliphatic rings. The van der Waals surface area contributed by atoms with E-state index in [0.29, 0.717) is 6.54 Å². The number of fused-ring (bicyclic) bond motifs is 1. The van der Waals surface area contributed by atoms with E-state index in [1.807, 2.05) is 36.5 Å². The van der Waals surface area contributed by atoms with Crippen LogP contribution in [0, 0.1) is 0 Å². The van der Waals surface area contributed by atoms with Crippen molar-refractivity contribution in [3.8, 4) is 0 Å². The summed E-state index contributed by atoms with van der Waals surface area (Å²) in [6.07, 6.45) is 18.5. The monoisotopic (exact) mass is 183 g/mol. The molecule has 0 bridgehead atoms. The third-order valence-corrected chi connectivity index (χ3v) is 2.17. The Kier molecular flexibility index (Phi) is 2.61. The summed E-state index contributed by atoms with van der Waals surface area (Å²) in [5.41, 5.74) is 9.38. The molecule has 0 aromatic heterocycles. The van der Waals surface area contributed by atoms with Gasteiger partial charge in [0.2, 0.25) is 0 Å². The Morgan fingerprint density at radius 3 is 2.50 bits per heavy atom. The Balaban J connectivity index is 2.25. The minimum atomic E-state index is 0.586. The van der Waals surface area contributed by atoms with Gasteiger partial charge in [0.25, 0.3) is 0 Å². The van der Waals surface area contributed by atoms with Gasteiger partial charge in [-0.3, -0.25) is 0 Å². The fraction of sp³-hybridized carbons (Fsp3) is 0.0769. The molecule has 0 amide bonds. The fourth-order valence-electron chi connectivity index (χ4n) is 1.31. The zero-order valence-corrected chi connectivity index (χ0v) is 7.98. The van der Waals surface area contributed by atoms with Crippen LogP contribution in [-0.2, 0) is 0 Å². The van der Waals surface area contributed by atoms with Crippen molar-refractivity contribution in [1.29, 1.82) is 0 Å². The molecule has 1 heteroatoms. The van der Waals surface area contributed by atoms with Gasteiger partial charge in [-0.1, -0.05) is 42.5 Å². The van der Waals surface area contributed by atoms with Crippen molar-refractivity contribution in [2.75, 3.05) is 6.54 Å².